The number of aryl methyl sites for hydroxylation is 2. The van der Waals surface area contributed by atoms with Gasteiger partial charge in [-0.3, -0.25) is 9.59 Å². The number of amides is 2. The molecule has 3 rings (SSSR count). The molecule has 1 aromatic heterocycles. The lowest BCUT2D eigenvalue weighted by Gasteiger charge is -2.10. The summed E-state index contributed by atoms with van der Waals surface area (Å²) in [4.78, 5) is 28.2. The van der Waals surface area contributed by atoms with Gasteiger partial charge in [-0.25, -0.2) is 4.98 Å². The van der Waals surface area contributed by atoms with Crippen LogP contribution in [0.5, 0.6) is 0 Å². The Labute approximate surface area is 170 Å². The summed E-state index contributed by atoms with van der Waals surface area (Å²) >= 11 is 8.39. The number of carbonyl (C=O) groups is 2. The Hall–Kier alpha value is -2.09. The molecule has 0 radical (unpaired) electrons. The minimum atomic E-state index is -0.252. The fourth-order valence-electron chi connectivity index (χ4n) is 2.55. The van der Waals surface area contributed by atoms with Crippen LogP contribution < -0.4 is 10.6 Å². The zero-order valence-electron chi connectivity index (χ0n) is 14.8. The van der Waals surface area contributed by atoms with Crippen molar-refractivity contribution in [2.24, 2.45) is 0 Å². The third-order valence-corrected chi connectivity index (χ3v) is 6.25. The number of benzene rings is 2. The molecule has 27 heavy (non-hydrogen) atoms. The lowest BCUT2D eigenvalue weighted by Crippen LogP contribution is -2.15. The van der Waals surface area contributed by atoms with Crippen molar-refractivity contribution < 1.29 is 9.59 Å². The lowest BCUT2D eigenvalue weighted by atomic mass is 10.1. The van der Waals surface area contributed by atoms with Crippen molar-refractivity contribution in [3.05, 3.63) is 47.5 Å². The molecular weight excluding hydrogens is 402 g/mol. The highest BCUT2D eigenvalue weighted by atomic mass is 35.5. The first-order valence-corrected chi connectivity index (χ1v) is 10.5. The summed E-state index contributed by atoms with van der Waals surface area (Å²) in [5.41, 5.74) is 4.47. The SMILES string of the molecule is Cc1cccc(C)c1NC(=O)CSc1nc2ccc(NC(=O)CCl)cc2s1. The van der Waals surface area contributed by atoms with Gasteiger partial charge in [0.1, 0.15) is 5.88 Å². The third kappa shape index (κ3) is 5.00. The number of carbonyl (C=O) groups excluding carboxylic acids is 2. The standard InChI is InChI=1S/C19H18ClN3O2S2/c1-11-4-3-5-12(2)18(11)23-17(25)10-26-19-22-14-7-6-13(8-15(14)27-19)21-16(24)9-20/h3-8H,9-10H2,1-2H3,(H,21,24)(H,23,25). The number of para-hydroxylation sites is 1. The summed E-state index contributed by atoms with van der Waals surface area (Å²) in [7, 11) is 0. The number of halogens is 1. The Morgan fingerprint density at radius 2 is 1.85 bits per heavy atom. The number of nitrogens with zero attached hydrogens (tertiary/aromatic N) is 1. The Morgan fingerprint density at radius 3 is 2.56 bits per heavy atom. The average molecular weight is 420 g/mol. The van der Waals surface area contributed by atoms with Gasteiger partial charge >= 0.3 is 0 Å². The Balaban J connectivity index is 1.64. The molecular formula is C19H18ClN3O2S2. The first-order valence-electron chi connectivity index (χ1n) is 8.21. The molecule has 2 amide bonds. The number of alkyl halides is 1. The van der Waals surface area contributed by atoms with Crippen molar-refractivity contribution >= 4 is 68.1 Å². The van der Waals surface area contributed by atoms with E-state index in [9.17, 15) is 9.59 Å². The summed E-state index contributed by atoms with van der Waals surface area (Å²) in [6, 6.07) is 11.4. The summed E-state index contributed by atoms with van der Waals surface area (Å²) < 4.78 is 1.75. The predicted octanol–water partition coefficient (Wildman–Crippen LogP) is 4.82. The van der Waals surface area contributed by atoms with E-state index >= 15 is 0 Å². The maximum atomic E-state index is 12.3. The van der Waals surface area contributed by atoms with Gasteiger partial charge in [0.2, 0.25) is 11.8 Å². The fourth-order valence-corrected chi connectivity index (χ4v) is 4.53. The minimum absolute atomic E-state index is 0.0632. The highest BCUT2D eigenvalue weighted by Gasteiger charge is 2.11. The van der Waals surface area contributed by atoms with Gasteiger partial charge in [-0.05, 0) is 43.2 Å². The van der Waals surface area contributed by atoms with Crippen LogP contribution in [0.4, 0.5) is 11.4 Å². The molecule has 2 N–H and O–H groups in total. The quantitative estimate of drug-likeness (QED) is 0.443. The van der Waals surface area contributed by atoms with Crippen LogP contribution in [0.3, 0.4) is 0 Å². The number of hydrogen-bond acceptors (Lipinski definition) is 5. The highest BCUT2D eigenvalue weighted by Crippen LogP contribution is 2.31. The van der Waals surface area contributed by atoms with E-state index in [0.717, 1.165) is 31.4 Å². The van der Waals surface area contributed by atoms with Crippen molar-refractivity contribution in [3.63, 3.8) is 0 Å². The van der Waals surface area contributed by atoms with Gasteiger partial charge in [-0.15, -0.1) is 22.9 Å². The van der Waals surface area contributed by atoms with Gasteiger partial charge < -0.3 is 10.6 Å². The summed E-state index contributed by atoms with van der Waals surface area (Å²) in [5.74, 6) is -0.120. The fraction of sp³-hybridized carbons (Fsp3) is 0.211. The number of nitrogens with one attached hydrogen (secondary N) is 2. The van der Waals surface area contributed by atoms with Crippen LogP contribution in [0.2, 0.25) is 0 Å². The number of thioether (sulfide) groups is 1. The molecule has 0 saturated carbocycles. The molecule has 5 nitrogen and oxygen atoms in total. The monoisotopic (exact) mass is 419 g/mol. The molecule has 0 bridgehead atoms. The van der Waals surface area contributed by atoms with E-state index in [1.54, 1.807) is 6.07 Å². The molecule has 0 spiro atoms. The summed E-state index contributed by atoms with van der Waals surface area (Å²) in [5, 5.41) is 5.69. The smallest absolute Gasteiger partial charge is 0.239 e. The Bertz CT molecular complexity index is 984. The van der Waals surface area contributed by atoms with E-state index in [4.69, 9.17) is 11.6 Å². The number of fused-ring (bicyclic) bond motifs is 1. The zero-order chi connectivity index (χ0) is 19.4. The largest absolute Gasteiger partial charge is 0.325 e. The van der Waals surface area contributed by atoms with Crippen molar-refractivity contribution in [1.29, 1.82) is 0 Å². The van der Waals surface area contributed by atoms with Crippen LogP contribution >= 0.6 is 34.7 Å². The number of aromatic nitrogens is 1. The van der Waals surface area contributed by atoms with E-state index < -0.39 is 0 Å². The molecule has 0 fully saturated rings. The Kier molecular flexibility index (Phi) is 6.36. The van der Waals surface area contributed by atoms with E-state index in [-0.39, 0.29) is 23.4 Å². The second-order valence-corrected chi connectivity index (χ2v) is 8.47. The van der Waals surface area contributed by atoms with Gasteiger partial charge in [0.05, 0.1) is 16.0 Å². The highest BCUT2D eigenvalue weighted by molar-refractivity contribution is 8.01. The molecule has 0 atom stereocenters. The Morgan fingerprint density at radius 1 is 1.11 bits per heavy atom. The van der Waals surface area contributed by atoms with Crippen molar-refractivity contribution in [2.75, 3.05) is 22.3 Å². The van der Waals surface area contributed by atoms with Gasteiger partial charge in [-0.2, -0.15) is 0 Å². The summed E-state index contributed by atoms with van der Waals surface area (Å²) in [6.45, 7) is 3.95. The van der Waals surface area contributed by atoms with Crippen molar-refractivity contribution in [1.82, 2.24) is 4.98 Å². The van der Waals surface area contributed by atoms with Crippen LogP contribution in [0.1, 0.15) is 11.1 Å². The summed E-state index contributed by atoms with van der Waals surface area (Å²) in [6.07, 6.45) is 0. The van der Waals surface area contributed by atoms with Crippen LogP contribution in [-0.4, -0.2) is 28.4 Å². The molecule has 0 saturated heterocycles. The molecule has 0 aliphatic heterocycles. The molecule has 0 aliphatic carbocycles. The van der Waals surface area contributed by atoms with Gasteiger partial charge in [-0.1, -0.05) is 30.0 Å². The van der Waals surface area contributed by atoms with Crippen LogP contribution in [-0.2, 0) is 9.59 Å². The first-order chi connectivity index (χ1) is 13.0. The molecule has 0 unspecified atom stereocenters. The number of anilines is 2. The normalized spacial score (nSPS) is 10.8. The second-order valence-electron chi connectivity index (χ2n) is 5.95. The number of thiazole rings is 1. The molecule has 3 aromatic rings. The number of hydrogen-bond donors (Lipinski definition) is 2. The van der Waals surface area contributed by atoms with Gasteiger partial charge in [0, 0.05) is 11.4 Å². The number of rotatable bonds is 6. The van der Waals surface area contributed by atoms with E-state index in [1.165, 1.54) is 23.1 Å². The van der Waals surface area contributed by atoms with Crippen molar-refractivity contribution in [3.8, 4) is 0 Å². The molecule has 1 heterocycles. The van der Waals surface area contributed by atoms with E-state index in [2.05, 4.69) is 15.6 Å². The van der Waals surface area contributed by atoms with Crippen LogP contribution in [0.15, 0.2) is 40.7 Å². The lowest BCUT2D eigenvalue weighted by molar-refractivity contribution is -0.114. The molecule has 0 aliphatic rings. The van der Waals surface area contributed by atoms with Gasteiger partial charge in [0.15, 0.2) is 4.34 Å². The average Bonchev–Trinajstić information content (AvgIpc) is 3.05. The minimum Gasteiger partial charge on any atom is -0.325 e. The van der Waals surface area contributed by atoms with E-state index in [1.807, 2.05) is 44.2 Å². The van der Waals surface area contributed by atoms with Gasteiger partial charge in [0.25, 0.3) is 0 Å². The van der Waals surface area contributed by atoms with Crippen molar-refractivity contribution in [2.45, 2.75) is 18.2 Å². The van der Waals surface area contributed by atoms with Crippen LogP contribution in [0, 0.1) is 13.8 Å². The topological polar surface area (TPSA) is 71.1 Å². The maximum absolute atomic E-state index is 12.3. The zero-order valence-corrected chi connectivity index (χ0v) is 17.2. The first kappa shape index (κ1) is 19.7. The molecule has 2 aromatic carbocycles. The van der Waals surface area contributed by atoms with E-state index in [0.29, 0.717) is 5.69 Å². The molecule has 8 heteroatoms. The predicted molar refractivity (Wildman–Crippen MR) is 114 cm³/mol. The maximum Gasteiger partial charge on any atom is 0.239 e. The second kappa shape index (κ2) is 8.73. The van der Waals surface area contributed by atoms with Crippen LogP contribution in [0.25, 0.3) is 10.2 Å². The molecule has 140 valence electrons. The third-order valence-electron chi connectivity index (χ3n) is 3.85.